The number of rotatable bonds is 4. The number of carbonyl (C=O) groups excluding carboxylic acids is 1. The molecule has 4 rings (SSSR count). The Bertz CT molecular complexity index is 942. The van der Waals surface area contributed by atoms with Crippen LogP contribution in [0.2, 0.25) is 5.02 Å². The van der Waals surface area contributed by atoms with Crippen molar-refractivity contribution in [2.24, 2.45) is 0 Å². The summed E-state index contributed by atoms with van der Waals surface area (Å²) < 4.78 is 10.7. The first-order valence-corrected chi connectivity index (χ1v) is 8.83. The smallest absolute Gasteiger partial charge is 0.231 e. The fraction of sp³-hybridized carbons (Fsp3) is 0.111. The van der Waals surface area contributed by atoms with Crippen LogP contribution >= 0.6 is 22.9 Å². The van der Waals surface area contributed by atoms with Gasteiger partial charge in [-0.25, -0.2) is 4.98 Å². The van der Waals surface area contributed by atoms with Crippen molar-refractivity contribution in [2.75, 3.05) is 12.1 Å². The zero-order valence-corrected chi connectivity index (χ0v) is 14.6. The monoisotopic (exact) mass is 372 g/mol. The maximum atomic E-state index is 12.2. The summed E-state index contributed by atoms with van der Waals surface area (Å²) in [7, 11) is 0. The van der Waals surface area contributed by atoms with E-state index in [-0.39, 0.29) is 19.1 Å². The van der Waals surface area contributed by atoms with E-state index in [1.54, 1.807) is 12.1 Å². The number of hydrogen-bond acceptors (Lipinski definition) is 5. The standard InChI is InChI=1S/C18H13ClN2O3S/c19-13-3-1-2-11(6-13)7-17(22)21-18-20-14(9-25-18)12-4-5-15-16(8-12)24-10-23-15/h1-6,8-9H,7,10H2,(H,20,21,22). The SMILES string of the molecule is O=C(Cc1cccc(Cl)c1)Nc1nc(-c2ccc3c(c2)OCO3)cs1. The molecule has 0 saturated heterocycles. The predicted octanol–water partition coefficient (Wildman–Crippen LogP) is 4.37. The van der Waals surface area contributed by atoms with Crippen molar-refractivity contribution in [3.8, 4) is 22.8 Å². The van der Waals surface area contributed by atoms with Gasteiger partial charge in [0.1, 0.15) is 0 Å². The largest absolute Gasteiger partial charge is 0.454 e. The second-order valence-electron chi connectivity index (χ2n) is 5.46. The number of thiazole rings is 1. The zero-order valence-electron chi connectivity index (χ0n) is 13.0. The molecule has 0 radical (unpaired) electrons. The van der Waals surface area contributed by atoms with Gasteiger partial charge in [-0.3, -0.25) is 4.79 Å². The molecule has 5 nitrogen and oxygen atoms in total. The maximum absolute atomic E-state index is 12.2. The second kappa shape index (κ2) is 6.74. The second-order valence-corrected chi connectivity index (χ2v) is 6.76. The Hall–Kier alpha value is -2.57. The molecule has 126 valence electrons. The van der Waals surface area contributed by atoms with Gasteiger partial charge in [-0.2, -0.15) is 0 Å². The van der Waals surface area contributed by atoms with E-state index in [4.69, 9.17) is 21.1 Å². The number of hydrogen-bond donors (Lipinski definition) is 1. The Balaban J connectivity index is 1.45. The molecule has 1 aliphatic rings. The third kappa shape index (κ3) is 3.60. The summed E-state index contributed by atoms with van der Waals surface area (Å²) in [6.45, 7) is 0.237. The van der Waals surface area contributed by atoms with E-state index in [0.29, 0.717) is 15.9 Å². The molecule has 2 aromatic carbocycles. The summed E-state index contributed by atoms with van der Waals surface area (Å²) in [5.74, 6) is 1.31. The molecule has 25 heavy (non-hydrogen) atoms. The first-order valence-electron chi connectivity index (χ1n) is 7.57. The molecule has 0 fully saturated rings. The molecule has 0 atom stereocenters. The lowest BCUT2D eigenvalue weighted by Gasteiger charge is -2.03. The van der Waals surface area contributed by atoms with Crippen LogP contribution in [-0.4, -0.2) is 17.7 Å². The Kier molecular flexibility index (Phi) is 4.29. The topological polar surface area (TPSA) is 60.5 Å². The van der Waals surface area contributed by atoms with Crippen LogP contribution in [0, 0.1) is 0 Å². The molecule has 0 spiro atoms. The summed E-state index contributed by atoms with van der Waals surface area (Å²) in [6.07, 6.45) is 0.250. The Morgan fingerprint density at radius 2 is 2.08 bits per heavy atom. The molecule has 1 aromatic heterocycles. The Morgan fingerprint density at radius 1 is 1.20 bits per heavy atom. The molecule has 2 heterocycles. The van der Waals surface area contributed by atoms with E-state index in [2.05, 4.69) is 10.3 Å². The Labute approximate surface area is 153 Å². The Morgan fingerprint density at radius 3 is 2.96 bits per heavy atom. The molecular formula is C18H13ClN2O3S. The highest BCUT2D eigenvalue weighted by atomic mass is 35.5. The number of halogens is 1. The van der Waals surface area contributed by atoms with Gasteiger partial charge in [0, 0.05) is 16.0 Å². The number of amides is 1. The van der Waals surface area contributed by atoms with Crippen molar-refractivity contribution in [1.29, 1.82) is 0 Å². The summed E-state index contributed by atoms with van der Waals surface area (Å²) in [5.41, 5.74) is 2.55. The molecule has 7 heteroatoms. The maximum Gasteiger partial charge on any atom is 0.231 e. The molecule has 0 unspecified atom stereocenters. The fourth-order valence-corrected chi connectivity index (χ4v) is 3.46. The van der Waals surface area contributed by atoms with E-state index in [1.807, 2.05) is 35.7 Å². The number of ether oxygens (including phenoxy) is 2. The number of benzene rings is 2. The number of anilines is 1. The van der Waals surface area contributed by atoms with Gasteiger partial charge in [-0.05, 0) is 35.9 Å². The zero-order chi connectivity index (χ0) is 17.2. The quantitative estimate of drug-likeness (QED) is 0.738. The molecule has 3 aromatic rings. The van der Waals surface area contributed by atoms with Crippen molar-refractivity contribution in [3.63, 3.8) is 0 Å². The van der Waals surface area contributed by atoms with E-state index in [9.17, 15) is 4.79 Å². The average Bonchev–Trinajstić information content (AvgIpc) is 3.23. The van der Waals surface area contributed by atoms with Gasteiger partial charge in [0.2, 0.25) is 12.7 Å². The van der Waals surface area contributed by atoms with Crippen molar-refractivity contribution < 1.29 is 14.3 Å². The highest BCUT2D eigenvalue weighted by molar-refractivity contribution is 7.14. The van der Waals surface area contributed by atoms with Gasteiger partial charge in [0.25, 0.3) is 0 Å². The van der Waals surface area contributed by atoms with Crippen molar-refractivity contribution >= 4 is 34.0 Å². The lowest BCUT2D eigenvalue weighted by Crippen LogP contribution is -2.14. The van der Waals surface area contributed by atoms with E-state index < -0.39 is 0 Å². The molecule has 0 aliphatic carbocycles. The van der Waals surface area contributed by atoms with Crippen LogP contribution in [0.5, 0.6) is 11.5 Å². The minimum Gasteiger partial charge on any atom is -0.454 e. The predicted molar refractivity (Wildman–Crippen MR) is 97.5 cm³/mol. The number of carbonyl (C=O) groups is 1. The van der Waals surface area contributed by atoms with Crippen LogP contribution < -0.4 is 14.8 Å². The van der Waals surface area contributed by atoms with Crippen LogP contribution in [0.4, 0.5) is 5.13 Å². The summed E-state index contributed by atoms with van der Waals surface area (Å²) in [6, 6.07) is 12.9. The first kappa shape index (κ1) is 15.9. The number of aromatic nitrogens is 1. The lowest BCUT2D eigenvalue weighted by atomic mass is 10.1. The normalized spacial score (nSPS) is 12.2. The van der Waals surface area contributed by atoms with Gasteiger partial charge in [-0.1, -0.05) is 23.7 Å². The van der Waals surface area contributed by atoms with Crippen LogP contribution in [0.25, 0.3) is 11.3 Å². The van der Waals surface area contributed by atoms with Crippen LogP contribution in [0.1, 0.15) is 5.56 Å². The molecular weight excluding hydrogens is 360 g/mol. The number of nitrogens with zero attached hydrogens (tertiary/aromatic N) is 1. The third-order valence-electron chi connectivity index (χ3n) is 3.67. The molecule has 1 N–H and O–H groups in total. The van der Waals surface area contributed by atoms with Crippen LogP contribution in [-0.2, 0) is 11.2 Å². The summed E-state index contributed by atoms with van der Waals surface area (Å²) in [4.78, 5) is 16.6. The summed E-state index contributed by atoms with van der Waals surface area (Å²) in [5, 5.41) is 5.89. The number of nitrogens with one attached hydrogen (secondary N) is 1. The number of fused-ring (bicyclic) bond motifs is 1. The van der Waals surface area contributed by atoms with Crippen molar-refractivity contribution in [1.82, 2.24) is 4.98 Å². The van der Waals surface area contributed by atoms with Crippen molar-refractivity contribution in [3.05, 3.63) is 58.4 Å². The average molecular weight is 373 g/mol. The van der Waals surface area contributed by atoms with E-state index in [0.717, 1.165) is 22.6 Å². The van der Waals surface area contributed by atoms with Crippen LogP contribution in [0.3, 0.4) is 0 Å². The van der Waals surface area contributed by atoms with Gasteiger partial charge >= 0.3 is 0 Å². The minimum absolute atomic E-state index is 0.131. The van der Waals surface area contributed by atoms with E-state index >= 15 is 0 Å². The molecule has 1 amide bonds. The van der Waals surface area contributed by atoms with Gasteiger partial charge < -0.3 is 14.8 Å². The third-order valence-corrected chi connectivity index (χ3v) is 4.67. The highest BCUT2D eigenvalue weighted by Crippen LogP contribution is 2.36. The molecule has 0 saturated carbocycles. The van der Waals surface area contributed by atoms with Gasteiger partial charge in [-0.15, -0.1) is 11.3 Å². The fourth-order valence-electron chi connectivity index (χ4n) is 2.52. The van der Waals surface area contributed by atoms with Gasteiger partial charge in [0.05, 0.1) is 12.1 Å². The highest BCUT2D eigenvalue weighted by Gasteiger charge is 2.15. The molecule has 1 aliphatic heterocycles. The molecule has 0 bridgehead atoms. The van der Waals surface area contributed by atoms with E-state index in [1.165, 1.54) is 11.3 Å². The first-order chi connectivity index (χ1) is 12.2. The minimum atomic E-state index is -0.131. The van der Waals surface area contributed by atoms with Gasteiger partial charge in [0.15, 0.2) is 16.6 Å². The van der Waals surface area contributed by atoms with Crippen LogP contribution in [0.15, 0.2) is 47.8 Å². The summed E-state index contributed by atoms with van der Waals surface area (Å²) >= 11 is 7.32. The lowest BCUT2D eigenvalue weighted by molar-refractivity contribution is -0.115. The van der Waals surface area contributed by atoms with Crippen molar-refractivity contribution in [2.45, 2.75) is 6.42 Å².